The average Bonchev–Trinajstić information content (AvgIpc) is 2.66. The van der Waals surface area contributed by atoms with Crippen LogP contribution in [0.15, 0.2) is 64.4 Å². The predicted octanol–water partition coefficient (Wildman–Crippen LogP) is 6.51. The fraction of sp³-hybridized carbons (Fsp3) is 0.0526. The number of halogens is 3. The Morgan fingerprint density at radius 1 is 1.11 bits per heavy atom. The third kappa shape index (κ3) is 4.67. The van der Waals surface area contributed by atoms with Gasteiger partial charge in [0.15, 0.2) is 11.6 Å². The number of rotatable bonds is 6. The van der Waals surface area contributed by atoms with E-state index in [9.17, 15) is 19.6 Å². The quantitative estimate of drug-likeness (QED) is 0.260. The zero-order chi connectivity index (χ0) is 20.3. The van der Waals surface area contributed by atoms with Crippen molar-refractivity contribution in [3.63, 3.8) is 0 Å². The first-order chi connectivity index (χ1) is 13.3. The molecule has 0 spiro atoms. The van der Waals surface area contributed by atoms with Crippen LogP contribution in [0.4, 0.5) is 15.8 Å². The molecule has 3 rings (SSSR count). The fourth-order valence-corrected chi connectivity index (χ4v) is 3.78. The van der Waals surface area contributed by atoms with Gasteiger partial charge < -0.3 is 10.4 Å². The van der Waals surface area contributed by atoms with Crippen LogP contribution in [0, 0.1) is 15.9 Å². The number of anilines is 1. The number of phenols is 1. The Kier molecular flexibility index (Phi) is 6.28. The van der Waals surface area contributed by atoms with Crippen molar-refractivity contribution in [3.05, 3.63) is 86.1 Å². The van der Waals surface area contributed by atoms with Gasteiger partial charge in [-0.25, -0.2) is 4.39 Å². The molecular formula is C19H13Cl2FN2O3S. The highest BCUT2D eigenvalue weighted by Crippen LogP contribution is 2.36. The van der Waals surface area contributed by atoms with Gasteiger partial charge in [-0.1, -0.05) is 53.2 Å². The van der Waals surface area contributed by atoms with Crippen LogP contribution in [0.5, 0.6) is 5.75 Å². The minimum absolute atomic E-state index is 0.0546. The number of hydrogen-bond donors (Lipinski definition) is 2. The van der Waals surface area contributed by atoms with E-state index in [0.29, 0.717) is 16.1 Å². The molecule has 144 valence electrons. The lowest BCUT2D eigenvalue weighted by atomic mass is 10.2. The predicted molar refractivity (Wildman–Crippen MR) is 109 cm³/mol. The summed E-state index contributed by atoms with van der Waals surface area (Å²) in [5.74, 6) is -1.73. The van der Waals surface area contributed by atoms with Crippen molar-refractivity contribution in [3.8, 4) is 5.75 Å². The molecule has 0 saturated carbocycles. The van der Waals surface area contributed by atoms with E-state index in [1.54, 1.807) is 12.1 Å². The molecule has 0 unspecified atom stereocenters. The van der Waals surface area contributed by atoms with Gasteiger partial charge in [0.25, 0.3) is 5.69 Å². The lowest BCUT2D eigenvalue weighted by Gasteiger charge is -2.13. The summed E-state index contributed by atoms with van der Waals surface area (Å²) in [6.07, 6.45) is 0. The van der Waals surface area contributed by atoms with E-state index in [4.69, 9.17) is 23.2 Å². The average molecular weight is 439 g/mol. The second kappa shape index (κ2) is 8.68. The largest absolute Gasteiger partial charge is 0.503 e. The number of non-ortho nitro benzene ring substituents is 1. The highest BCUT2D eigenvalue weighted by Gasteiger charge is 2.16. The van der Waals surface area contributed by atoms with Crippen molar-refractivity contribution >= 4 is 46.3 Å². The van der Waals surface area contributed by atoms with E-state index >= 15 is 0 Å². The Balaban J connectivity index is 1.82. The normalized spacial score (nSPS) is 10.7. The van der Waals surface area contributed by atoms with Crippen molar-refractivity contribution in [2.24, 2.45) is 0 Å². The molecule has 0 fully saturated rings. The Morgan fingerprint density at radius 2 is 1.86 bits per heavy atom. The summed E-state index contributed by atoms with van der Waals surface area (Å²) in [4.78, 5) is 12.0. The third-order valence-electron chi connectivity index (χ3n) is 3.82. The van der Waals surface area contributed by atoms with Gasteiger partial charge in [0.05, 0.1) is 26.7 Å². The number of nitrogens with one attached hydrogen (secondary N) is 1. The van der Waals surface area contributed by atoms with Gasteiger partial charge in [0, 0.05) is 22.4 Å². The van der Waals surface area contributed by atoms with E-state index in [1.165, 1.54) is 11.8 Å². The van der Waals surface area contributed by atoms with Crippen LogP contribution in [0.2, 0.25) is 10.0 Å². The van der Waals surface area contributed by atoms with Crippen LogP contribution in [-0.2, 0) is 6.54 Å². The van der Waals surface area contributed by atoms with E-state index in [1.807, 2.05) is 30.3 Å². The molecule has 9 heteroatoms. The standard InChI is InChI=1S/C19H13Cl2FN2O3S/c20-14-6-5-13(9-15(14)21)28-18-4-2-1-3-11(18)10-23-17-8-12(24(26)27)7-16(22)19(17)25/h1-9,23,25H,10H2. The molecule has 0 aromatic heterocycles. The molecule has 0 amide bonds. The Hall–Kier alpha value is -2.48. The van der Waals surface area contributed by atoms with E-state index in [0.717, 1.165) is 21.4 Å². The van der Waals surface area contributed by atoms with Crippen molar-refractivity contribution in [2.45, 2.75) is 16.3 Å². The van der Waals surface area contributed by atoms with Crippen LogP contribution in [0.1, 0.15) is 5.56 Å². The maximum atomic E-state index is 13.7. The molecular weight excluding hydrogens is 426 g/mol. The van der Waals surface area contributed by atoms with Crippen LogP contribution in [0.3, 0.4) is 0 Å². The number of nitrogens with zero attached hydrogens (tertiary/aromatic N) is 1. The van der Waals surface area contributed by atoms with Gasteiger partial charge >= 0.3 is 0 Å². The highest BCUT2D eigenvalue weighted by atomic mass is 35.5. The summed E-state index contributed by atoms with van der Waals surface area (Å²) in [5.41, 5.74) is 0.349. The monoisotopic (exact) mass is 438 g/mol. The summed E-state index contributed by atoms with van der Waals surface area (Å²) in [6, 6.07) is 14.5. The maximum Gasteiger partial charge on any atom is 0.274 e. The topological polar surface area (TPSA) is 75.4 Å². The summed E-state index contributed by atoms with van der Waals surface area (Å²) in [6.45, 7) is 0.221. The zero-order valence-corrected chi connectivity index (χ0v) is 16.5. The summed E-state index contributed by atoms with van der Waals surface area (Å²) < 4.78 is 13.7. The Bertz CT molecular complexity index is 1050. The van der Waals surface area contributed by atoms with Crippen molar-refractivity contribution in [2.75, 3.05) is 5.32 Å². The minimum atomic E-state index is -1.06. The maximum absolute atomic E-state index is 13.7. The number of nitro groups is 1. The molecule has 0 aliphatic rings. The molecule has 5 nitrogen and oxygen atoms in total. The fourth-order valence-electron chi connectivity index (χ4n) is 2.43. The number of nitro benzene ring substituents is 1. The van der Waals surface area contributed by atoms with Gasteiger partial charge in [0.2, 0.25) is 0 Å². The second-order valence-electron chi connectivity index (χ2n) is 5.72. The van der Waals surface area contributed by atoms with E-state index in [-0.39, 0.29) is 12.2 Å². The number of aromatic hydroxyl groups is 1. The van der Waals surface area contributed by atoms with Crippen LogP contribution in [-0.4, -0.2) is 10.0 Å². The lowest BCUT2D eigenvalue weighted by molar-refractivity contribution is -0.385. The Labute approximate surface area is 174 Å². The third-order valence-corrected chi connectivity index (χ3v) is 5.67. The van der Waals surface area contributed by atoms with Crippen LogP contribution >= 0.6 is 35.0 Å². The van der Waals surface area contributed by atoms with E-state index in [2.05, 4.69) is 5.32 Å². The first-order valence-corrected chi connectivity index (χ1v) is 9.54. The molecule has 0 radical (unpaired) electrons. The number of hydrogen-bond acceptors (Lipinski definition) is 5. The zero-order valence-electron chi connectivity index (χ0n) is 14.2. The summed E-state index contributed by atoms with van der Waals surface area (Å²) in [5, 5.41) is 24.5. The summed E-state index contributed by atoms with van der Waals surface area (Å²) in [7, 11) is 0. The van der Waals surface area contributed by atoms with Gasteiger partial charge in [-0.2, -0.15) is 0 Å². The number of benzene rings is 3. The number of phenolic OH excluding ortho intramolecular Hbond substituents is 1. The smallest absolute Gasteiger partial charge is 0.274 e. The molecule has 0 aliphatic carbocycles. The first-order valence-electron chi connectivity index (χ1n) is 7.96. The molecule has 0 saturated heterocycles. The molecule has 0 bridgehead atoms. The van der Waals surface area contributed by atoms with Crippen molar-refractivity contribution in [1.29, 1.82) is 0 Å². The van der Waals surface area contributed by atoms with Crippen LogP contribution in [0.25, 0.3) is 0 Å². The van der Waals surface area contributed by atoms with Gasteiger partial charge in [0.1, 0.15) is 0 Å². The van der Waals surface area contributed by atoms with Gasteiger partial charge in [-0.15, -0.1) is 0 Å². The minimum Gasteiger partial charge on any atom is -0.503 e. The second-order valence-corrected chi connectivity index (χ2v) is 7.65. The summed E-state index contributed by atoms with van der Waals surface area (Å²) >= 11 is 13.5. The van der Waals surface area contributed by atoms with Crippen molar-refractivity contribution < 1.29 is 14.4 Å². The van der Waals surface area contributed by atoms with Crippen molar-refractivity contribution in [1.82, 2.24) is 0 Å². The molecule has 3 aromatic carbocycles. The molecule has 3 aromatic rings. The lowest BCUT2D eigenvalue weighted by Crippen LogP contribution is -2.03. The van der Waals surface area contributed by atoms with Crippen LogP contribution < -0.4 is 5.32 Å². The van der Waals surface area contributed by atoms with Gasteiger partial charge in [-0.3, -0.25) is 10.1 Å². The Morgan fingerprint density at radius 3 is 2.57 bits per heavy atom. The molecule has 0 atom stereocenters. The van der Waals surface area contributed by atoms with E-state index < -0.39 is 22.2 Å². The molecule has 2 N–H and O–H groups in total. The van der Waals surface area contributed by atoms with Gasteiger partial charge in [-0.05, 0) is 29.8 Å². The molecule has 28 heavy (non-hydrogen) atoms. The first kappa shape index (κ1) is 20.3. The highest BCUT2D eigenvalue weighted by molar-refractivity contribution is 7.99. The molecule has 0 aliphatic heterocycles. The SMILES string of the molecule is O=[N+]([O-])c1cc(F)c(O)c(NCc2ccccc2Sc2ccc(Cl)c(Cl)c2)c1. The molecule has 0 heterocycles.